The molecule has 5 rings (SSSR count). The Morgan fingerprint density at radius 2 is 1.57 bits per heavy atom. The summed E-state index contributed by atoms with van der Waals surface area (Å²) in [4.78, 5) is 35.2. The molecule has 3 aromatic carbocycles. The number of carbonyl (C=O) groups is 1. The second kappa shape index (κ2) is 10.7. The van der Waals surface area contributed by atoms with Gasteiger partial charge in [0.25, 0.3) is 5.56 Å². The van der Waals surface area contributed by atoms with Gasteiger partial charge in [-0.05, 0) is 87.5 Å². The van der Waals surface area contributed by atoms with Crippen molar-refractivity contribution in [3.63, 3.8) is 0 Å². The zero-order valence-corrected chi connectivity index (χ0v) is 23.0. The van der Waals surface area contributed by atoms with Crippen LogP contribution in [0.3, 0.4) is 0 Å². The molecule has 9 nitrogen and oxygen atoms in total. The molecule has 1 aliphatic rings. The Labute approximate surface area is 232 Å². The fourth-order valence-electron chi connectivity index (χ4n) is 4.70. The summed E-state index contributed by atoms with van der Waals surface area (Å²) in [6.07, 6.45) is -0.307. The number of aromatic nitrogens is 2. The predicted octanol–water partition coefficient (Wildman–Crippen LogP) is 4.99. The van der Waals surface area contributed by atoms with Crippen molar-refractivity contribution in [1.29, 1.82) is 5.26 Å². The van der Waals surface area contributed by atoms with Crippen LogP contribution in [0.5, 0.6) is 5.75 Å². The summed E-state index contributed by atoms with van der Waals surface area (Å²) in [6, 6.07) is 22.0. The normalized spacial score (nSPS) is 13.7. The number of rotatable bonds is 4. The van der Waals surface area contributed by atoms with Crippen LogP contribution in [0.1, 0.15) is 26.3 Å². The third-order valence-corrected chi connectivity index (χ3v) is 6.75. The average molecular weight is 538 g/mol. The second-order valence-corrected chi connectivity index (χ2v) is 10.6. The fraction of sp³-hybridized carbons (Fsp3) is 0.290. The highest BCUT2D eigenvalue weighted by Crippen LogP contribution is 2.27. The molecule has 0 saturated carbocycles. The lowest BCUT2D eigenvalue weighted by Crippen LogP contribution is -2.50. The summed E-state index contributed by atoms with van der Waals surface area (Å²) in [7, 11) is 1.59. The molecule has 1 amide bonds. The number of ether oxygens (including phenoxy) is 2. The van der Waals surface area contributed by atoms with E-state index in [0.717, 1.165) is 5.69 Å². The highest BCUT2D eigenvalue weighted by Gasteiger charge is 2.26. The van der Waals surface area contributed by atoms with E-state index in [1.165, 1.54) is 0 Å². The fourth-order valence-corrected chi connectivity index (χ4v) is 4.70. The van der Waals surface area contributed by atoms with Gasteiger partial charge in [0.1, 0.15) is 17.2 Å². The highest BCUT2D eigenvalue weighted by atomic mass is 16.6. The van der Waals surface area contributed by atoms with Crippen molar-refractivity contribution < 1.29 is 14.3 Å². The number of hydrogen-bond acceptors (Lipinski definition) is 7. The number of nitriles is 1. The number of methoxy groups -OCH3 is 1. The molecule has 2 heterocycles. The molecule has 0 bridgehead atoms. The van der Waals surface area contributed by atoms with Crippen LogP contribution >= 0.6 is 0 Å². The van der Waals surface area contributed by atoms with Crippen LogP contribution in [-0.2, 0) is 4.74 Å². The Kier molecular flexibility index (Phi) is 7.18. The number of carbonyl (C=O) groups excluding carboxylic acids is 1. The first-order valence-corrected chi connectivity index (χ1v) is 13.1. The van der Waals surface area contributed by atoms with Crippen molar-refractivity contribution in [2.75, 3.05) is 38.2 Å². The maximum atomic E-state index is 13.9. The average Bonchev–Trinajstić information content (AvgIpc) is 2.96. The van der Waals surface area contributed by atoms with E-state index in [4.69, 9.17) is 14.5 Å². The number of fused-ring (bicyclic) bond motifs is 1. The molecule has 0 spiro atoms. The van der Waals surface area contributed by atoms with E-state index in [1.54, 1.807) is 53.0 Å². The van der Waals surface area contributed by atoms with Crippen molar-refractivity contribution in [1.82, 2.24) is 14.5 Å². The Bertz CT molecular complexity index is 1640. The first kappa shape index (κ1) is 26.8. The number of hydrogen-bond donors (Lipinski definition) is 0. The zero-order valence-electron chi connectivity index (χ0n) is 23.0. The molecular weight excluding hydrogens is 506 g/mol. The standard InChI is InChI=1S/C31H31N5O4/c1-31(2,3)40-30(38)35-17-15-34(16-18-35)24-11-14-26-27(19-24)33-28(22-7-5-21(20-32)6-8-22)36(29(26)37)23-9-12-25(39-4)13-10-23/h5-14,19H,15-18H2,1-4H3. The van der Waals surface area contributed by atoms with Crippen molar-refractivity contribution in [2.24, 2.45) is 0 Å². The Balaban J connectivity index is 1.52. The number of nitrogens with zero attached hydrogens (tertiary/aromatic N) is 5. The molecule has 1 aromatic heterocycles. The van der Waals surface area contributed by atoms with Gasteiger partial charge in [-0.2, -0.15) is 5.26 Å². The van der Waals surface area contributed by atoms with Gasteiger partial charge in [-0.25, -0.2) is 9.78 Å². The van der Waals surface area contributed by atoms with Crippen LogP contribution in [0.15, 0.2) is 71.5 Å². The first-order chi connectivity index (χ1) is 19.2. The molecule has 0 atom stereocenters. The van der Waals surface area contributed by atoms with Gasteiger partial charge < -0.3 is 19.3 Å². The molecule has 1 fully saturated rings. The van der Waals surface area contributed by atoms with Crippen LogP contribution in [0.2, 0.25) is 0 Å². The van der Waals surface area contributed by atoms with E-state index >= 15 is 0 Å². The minimum atomic E-state index is -0.538. The lowest BCUT2D eigenvalue weighted by Gasteiger charge is -2.36. The van der Waals surface area contributed by atoms with Crippen molar-refractivity contribution in [3.8, 4) is 28.9 Å². The molecule has 9 heteroatoms. The van der Waals surface area contributed by atoms with Crippen LogP contribution in [-0.4, -0.2) is 59.4 Å². The number of benzene rings is 3. The number of amides is 1. The quantitative estimate of drug-likeness (QED) is 0.362. The van der Waals surface area contributed by atoms with Gasteiger partial charge in [0.15, 0.2) is 0 Å². The summed E-state index contributed by atoms with van der Waals surface area (Å²) in [6.45, 7) is 7.92. The monoisotopic (exact) mass is 537 g/mol. The first-order valence-electron chi connectivity index (χ1n) is 13.1. The zero-order chi connectivity index (χ0) is 28.4. The van der Waals surface area contributed by atoms with E-state index in [-0.39, 0.29) is 11.7 Å². The van der Waals surface area contributed by atoms with Crippen LogP contribution in [0.4, 0.5) is 10.5 Å². The molecule has 204 valence electrons. The lowest BCUT2D eigenvalue weighted by molar-refractivity contribution is 0.0240. The van der Waals surface area contributed by atoms with Gasteiger partial charge in [0, 0.05) is 37.4 Å². The summed E-state index contributed by atoms with van der Waals surface area (Å²) >= 11 is 0. The minimum absolute atomic E-state index is 0.198. The molecule has 1 aliphatic heterocycles. The van der Waals surface area contributed by atoms with Crippen LogP contribution in [0.25, 0.3) is 28.0 Å². The van der Waals surface area contributed by atoms with Crippen LogP contribution < -0.4 is 15.2 Å². The van der Waals surface area contributed by atoms with Gasteiger partial charge >= 0.3 is 6.09 Å². The van der Waals surface area contributed by atoms with Gasteiger partial charge in [-0.1, -0.05) is 0 Å². The molecule has 0 radical (unpaired) electrons. The van der Waals surface area contributed by atoms with Crippen molar-refractivity contribution >= 4 is 22.7 Å². The topological polar surface area (TPSA) is 101 Å². The molecule has 0 N–H and O–H groups in total. The molecule has 0 unspecified atom stereocenters. The SMILES string of the molecule is COc1ccc(-n2c(-c3ccc(C#N)cc3)nc3cc(N4CCN(C(=O)OC(C)(C)C)CC4)ccc3c2=O)cc1. The Morgan fingerprint density at radius 1 is 0.925 bits per heavy atom. The molecular formula is C31H31N5O4. The van der Waals surface area contributed by atoms with Gasteiger partial charge in [-0.3, -0.25) is 9.36 Å². The summed E-state index contributed by atoms with van der Waals surface area (Å²) in [5.41, 5.74) is 2.65. The van der Waals surface area contributed by atoms with Gasteiger partial charge in [0.05, 0.1) is 35.3 Å². The molecule has 4 aromatic rings. The number of piperazine rings is 1. The third kappa shape index (κ3) is 5.47. The number of anilines is 1. The van der Waals surface area contributed by atoms with Crippen molar-refractivity contribution in [3.05, 3.63) is 82.6 Å². The molecule has 0 aliphatic carbocycles. The van der Waals surface area contributed by atoms with Crippen LogP contribution in [0, 0.1) is 11.3 Å². The highest BCUT2D eigenvalue weighted by molar-refractivity contribution is 5.84. The minimum Gasteiger partial charge on any atom is -0.497 e. The third-order valence-electron chi connectivity index (χ3n) is 6.75. The van der Waals surface area contributed by atoms with E-state index < -0.39 is 5.60 Å². The van der Waals surface area contributed by atoms with E-state index in [1.807, 2.05) is 51.1 Å². The Morgan fingerprint density at radius 3 is 2.17 bits per heavy atom. The predicted molar refractivity (Wildman–Crippen MR) is 154 cm³/mol. The van der Waals surface area contributed by atoms with Crippen molar-refractivity contribution in [2.45, 2.75) is 26.4 Å². The molecule has 1 saturated heterocycles. The lowest BCUT2D eigenvalue weighted by atomic mass is 10.1. The Hall–Kier alpha value is -4.84. The summed E-state index contributed by atoms with van der Waals surface area (Å²) in [5, 5.41) is 9.74. The van der Waals surface area contributed by atoms with E-state index in [9.17, 15) is 14.9 Å². The maximum absolute atomic E-state index is 13.9. The molecule has 40 heavy (non-hydrogen) atoms. The maximum Gasteiger partial charge on any atom is 0.410 e. The van der Waals surface area contributed by atoms with Gasteiger partial charge in [-0.15, -0.1) is 0 Å². The van der Waals surface area contributed by atoms with Gasteiger partial charge in [0.2, 0.25) is 0 Å². The summed E-state index contributed by atoms with van der Waals surface area (Å²) in [5.74, 6) is 1.15. The smallest absolute Gasteiger partial charge is 0.410 e. The van der Waals surface area contributed by atoms with E-state index in [0.29, 0.717) is 65.5 Å². The summed E-state index contributed by atoms with van der Waals surface area (Å²) < 4.78 is 12.4. The van der Waals surface area contributed by atoms with E-state index in [2.05, 4.69) is 11.0 Å². The largest absolute Gasteiger partial charge is 0.497 e. The second-order valence-electron chi connectivity index (χ2n) is 10.6.